The summed E-state index contributed by atoms with van der Waals surface area (Å²) in [7, 11) is 1.93. The van der Waals surface area contributed by atoms with Crippen molar-refractivity contribution in [1.29, 1.82) is 0 Å². The number of rotatable bonds is 10. The molecule has 1 fully saturated rings. The van der Waals surface area contributed by atoms with Gasteiger partial charge in [-0.3, -0.25) is 0 Å². The normalized spacial score (nSPS) is 16.4. The topological polar surface area (TPSA) is 71.9 Å². The van der Waals surface area contributed by atoms with E-state index in [2.05, 4.69) is 95.5 Å². The number of benzene rings is 2. The summed E-state index contributed by atoms with van der Waals surface area (Å²) in [5.74, 6) is 0.969. The minimum Gasteiger partial charge on any atom is -0.359 e. The highest BCUT2D eigenvalue weighted by Crippen LogP contribution is 2.46. The Morgan fingerprint density at radius 3 is 2.71 bits per heavy atom. The summed E-state index contributed by atoms with van der Waals surface area (Å²) < 4.78 is 0. The smallest absolute Gasteiger partial charge is 0.130 e. The van der Waals surface area contributed by atoms with E-state index in [9.17, 15) is 0 Å². The molecule has 1 aromatic heterocycles. The number of nitrogens with zero attached hydrogens (tertiary/aromatic N) is 5. The molecule has 0 saturated carbocycles. The maximum Gasteiger partial charge on any atom is 0.130 e. The Kier molecular flexibility index (Phi) is 8.26. The van der Waals surface area contributed by atoms with Gasteiger partial charge >= 0.3 is 0 Å². The van der Waals surface area contributed by atoms with Crippen LogP contribution in [0.5, 0.6) is 0 Å². The number of hydrogen-bond donors (Lipinski definition) is 2. The van der Waals surface area contributed by atoms with E-state index in [4.69, 9.17) is 16.6 Å². The summed E-state index contributed by atoms with van der Waals surface area (Å²) in [6.07, 6.45) is 9.62. The standard InChI is InChI=1S/C33H36ClN7/c1-7-21(3)37-26-12-9-23(10-13-26)32-29(8-2)38-33(39-32)31-16-14-27-18-24(17-22(4)41(27)31)28-19-25(34)11-15-30(28)40(6)20-36-35-5/h9-13,15,17-20,31,37H,3-5,7-8,14,16H2,1-2,6H3,(H,38,39)/b36-20-. The molecule has 7 nitrogen and oxygen atoms in total. The fourth-order valence-corrected chi connectivity index (χ4v) is 5.63. The second kappa shape index (κ2) is 12.0. The number of fused-ring (bicyclic) bond motifs is 1. The van der Waals surface area contributed by atoms with E-state index in [0.717, 1.165) is 82.4 Å². The van der Waals surface area contributed by atoms with Gasteiger partial charge in [0.05, 0.1) is 11.7 Å². The predicted molar refractivity (Wildman–Crippen MR) is 173 cm³/mol. The predicted octanol–water partition coefficient (Wildman–Crippen LogP) is 8.34. The van der Waals surface area contributed by atoms with Crippen molar-refractivity contribution < 1.29 is 0 Å². The number of aromatic amines is 1. The Morgan fingerprint density at radius 1 is 1.22 bits per heavy atom. The second-order valence-electron chi connectivity index (χ2n) is 10.3. The first-order chi connectivity index (χ1) is 19.8. The number of H-pyrrole nitrogens is 1. The molecule has 1 unspecified atom stereocenters. The molecule has 2 aromatic carbocycles. The van der Waals surface area contributed by atoms with Crippen LogP contribution in [0, 0.1) is 0 Å². The first-order valence-electron chi connectivity index (χ1n) is 13.9. The maximum atomic E-state index is 6.43. The number of anilines is 2. The zero-order chi connectivity index (χ0) is 29.1. The Morgan fingerprint density at radius 2 is 2.00 bits per heavy atom. The highest BCUT2D eigenvalue weighted by Gasteiger charge is 2.35. The summed E-state index contributed by atoms with van der Waals surface area (Å²) in [6, 6.07) is 14.3. The van der Waals surface area contributed by atoms with Crippen LogP contribution in [-0.2, 0) is 6.42 Å². The van der Waals surface area contributed by atoms with Gasteiger partial charge in [0, 0.05) is 64.1 Å². The lowest BCUT2D eigenvalue weighted by Crippen LogP contribution is -2.23. The highest BCUT2D eigenvalue weighted by atomic mass is 35.5. The van der Waals surface area contributed by atoms with Crippen LogP contribution in [0.1, 0.15) is 56.2 Å². The molecule has 3 aromatic rings. The maximum absolute atomic E-state index is 6.43. The van der Waals surface area contributed by atoms with Crippen molar-refractivity contribution in [3.8, 4) is 11.3 Å². The second-order valence-corrected chi connectivity index (χ2v) is 10.7. The van der Waals surface area contributed by atoms with Crippen LogP contribution in [0.25, 0.3) is 16.8 Å². The lowest BCUT2D eigenvalue weighted by atomic mass is 9.98. The third-order valence-corrected chi connectivity index (χ3v) is 7.81. The zero-order valence-electron chi connectivity index (χ0n) is 23.9. The minimum atomic E-state index is 0.0896. The van der Waals surface area contributed by atoms with E-state index < -0.39 is 0 Å². The number of nitrogens with one attached hydrogen (secondary N) is 2. The van der Waals surface area contributed by atoms with Crippen LogP contribution in [0.15, 0.2) is 95.1 Å². The monoisotopic (exact) mass is 565 g/mol. The summed E-state index contributed by atoms with van der Waals surface area (Å²) in [6.45, 7) is 16.2. The largest absolute Gasteiger partial charge is 0.359 e. The molecule has 5 rings (SSSR count). The minimum absolute atomic E-state index is 0.0896. The van der Waals surface area contributed by atoms with Gasteiger partial charge in [0.2, 0.25) is 0 Å². The van der Waals surface area contributed by atoms with Crippen LogP contribution < -0.4 is 10.2 Å². The fraction of sp³-hybridized carbons (Fsp3) is 0.242. The third kappa shape index (κ3) is 5.77. The van der Waals surface area contributed by atoms with Crippen molar-refractivity contribution in [2.75, 3.05) is 17.3 Å². The molecule has 2 aliphatic rings. The molecular formula is C33H36ClN7. The Labute approximate surface area is 247 Å². The number of halogens is 1. The van der Waals surface area contributed by atoms with Crippen molar-refractivity contribution in [3.05, 3.63) is 107 Å². The summed E-state index contributed by atoms with van der Waals surface area (Å²) in [5, 5.41) is 11.5. The van der Waals surface area contributed by atoms with Gasteiger partial charge in [-0.25, -0.2) is 4.98 Å². The van der Waals surface area contributed by atoms with Crippen LogP contribution in [0.3, 0.4) is 0 Å². The summed E-state index contributed by atoms with van der Waals surface area (Å²) in [4.78, 5) is 13.0. The molecule has 2 N–H and O–H groups in total. The molecule has 41 heavy (non-hydrogen) atoms. The van der Waals surface area contributed by atoms with Gasteiger partial charge in [-0.1, -0.05) is 50.7 Å². The third-order valence-electron chi connectivity index (χ3n) is 7.58. The van der Waals surface area contributed by atoms with E-state index in [1.165, 1.54) is 5.70 Å². The number of aryl methyl sites for hydroxylation is 1. The summed E-state index contributed by atoms with van der Waals surface area (Å²) >= 11 is 6.43. The van der Waals surface area contributed by atoms with Gasteiger partial charge < -0.3 is 20.1 Å². The van der Waals surface area contributed by atoms with Crippen LogP contribution >= 0.6 is 11.6 Å². The van der Waals surface area contributed by atoms with E-state index in [0.29, 0.717) is 5.02 Å². The first-order valence-corrected chi connectivity index (χ1v) is 14.3. The van der Waals surface area contributed by atoms with Gasteiger partial charge in [-0.2, -0.15) is 5.10 Å². The molecule has 1 saturated heterocycles. The molecular weight excluding hydrogens is 530 g/mol. The van der Waals surface area contributed by atoms with E-state index in [-0.39, 0.29) is 6.04 Å². The molecule has 0 spiro atoms. The SMILES string of the molecule is C=N/N=C\N(C)c1ccc(Cl)cc1C1=CC(=C)N2C(=C1)CCC2c1nc(-c2ccc(NC(=C)CC)cc2)c(CC)[nH]1. The van der Waals surface area contributed by atoms with E-state index in [1.54, 1.807) is 6.34 Å². The van der Waals surface area contributed by atoms with Gasteiger partial charge in [-0.15, -0.1) is 5.10 Å². The lowest BCUT2D eigenvalue weighted by molar-refractivity contribution is 0.366. The zero-order valence-corrected chi connectivity index (χ0v) is 24.7. The molecule has 0 radical (unpaired) electrons. The molecule has 3 heterocycles. The molecule has 0 bridgehead atoms. The molecule has 0 amide bonds. The summed E-state index contributed by atoms with van der Waals surface area (Å²) in [5.41, 5.74) is 10.4. The van der Waals surface area contributed by atoms with Crippen molar-refractivity contribution >= 4 is 41.6 Å². The lowest BCUT2D eigenvalue weighted by Gasteiger charge is -2.31. The number of allylic oxidation sites excluding steroid dienone is 5. The quantitative estimate of drug-likeness (QED) is 0.147. The number of imidazole rings is 1. The van der Waals surface area contributed by atoms with E-state index in [1.807, 2.05) is 30.1 Å². The molecule has 2 aliphatic heterocycles. The number of aromatic nitrogens is 2. The number of hydrogen-bond acceptors (Lipinski definition) is 5. The van der Waals surface area contributed by atoms with Gasteiger partial charge in [0.1, 0.15) is 12.2 Å². The van der Waals surface area contributed by atoms with Gasteiger partial charge in [0.25, 0.3) is 0 Å². The Hall–Kier alpha value is -4.36. The average molecular weight is 566 g/mol. The molecule has 8 heteroatoms. The van der Waals surface area contributed by atoms with Crippen LogP contribution in [-0.4, -0.2) is 35.0 Å². The van der Waals surface area contributed by atoms with E-state index >= 15 is 0 Å². The van der Waals surface area contributed by atoms with Crippen molar-refractivity contribution in [1.82, 2.24) is 14.9 Å². The average Bonchev–Trinajstić information content (AvgIpc) is 3.61. The van der Waals surface area contributed by atoms with Crippen molar-refractivity contribution in [3.63, 3.8) is 0 Å². The van der Waals surface area contributed by atoms with Crippen molar-refractivity contribution in [2.45, 2.75) is 45.6 Å². The fourth-order valence-electron chi connectivity index (χ4n) is 5.45. The van der Waals surface area contributed by atoms with Crippen molar-refractivity contribution in [2.24, 2.45) is 10.2 Å². The van der Waals surface area contributed by atoms with Crippen LogP contribution in [0.4, 0.5) is 11.4 Å². The molecule has 0 aliphatic carbocycles. The molecule has 1 atom stereocenters. The van der Waals surface area contributed by atoms with Gasteiger partial charge in [0.15, 0.2) is 0 Å². The Bertz CT molecular complexity index is 1580. The highest BCUT2D eigenvalue weighted by molar-refractivity contribution is 6.31. The molecule has 210 valence electrons. The van der Waals surface area contributed by atoms with Gasteiger partial charge in [-0.05, 0) is 73.7 Å². The van der Waals surface area contributed by atoms with Crippen LogP contribution in [0.2, 0.25) is 5.02 Å². The first kappa shape index (κ1) is 28.2. The Balaban J connectivity index is 1.42.